The lowest BCUT2D eigenvalue weighted by Crippen LogP contribution is -2.14. The molecule has 0 bridgehead atoms. The van der Waals surface area contributed by atoms with Crippen LogP contribution in [0.25, 0.3) is 0 Å². The summed E-state index contributed by atoms with van der Waals surface area (Å²) in [6.07, 6.45) is 5.25. The van der Waals surface area contributed by atoms with Crippen LogP contribution in [0.1, 0.15) is 29.7 Å². The first kappa shape index (κ1) is 15.6. The SMILES string of the molecule is CCc1ncc(CNCCCCOCCOC)s1. The maximum Gasteiger partial charge on any atom is 0.0925 e. The van der Waals surface area contributed by atoms with E-state index >= 15 is 0 Å². The summed E-state index contributed by atoms with van der Waals surface area (Å²) in [6.45, 7) is 6.31. The Morgan fingerprint density at radius 3 is 2.89 bits per heavy atom. The second-order valence-corrected chi connectivity index (χ2v) is 5.26. The van der Waals surface area contributed by atoms with Gasteiger partial charge in [0.15, 0.2) is 0 Å². The maximum absolute atomic E-state index is 5.40. The van der Waals surface area contributed by atoms with Crippen molar-refractivity contribution in [2.75, 3.05) is 33.5 Å². The van der Waals surface area contributed by atoms with E-state index in [1.165, 1.54) is 9.88 Å². The van der Waals surface area contributed by atoms with Gasteiger partial charge >= 0.3 is 0 Å². The van der Waals surface area contributed by atoms with E-state index in [1.807, 2.05) is 6.20 Å². The smallest absolute Gasteiger partial charge is 0.0925 e. The fourth-order valence-corrected chi connectivity index (χ4v) is 2.34. The van der Waals surface area contributed by atoms with Crippen LogP contribution >= 0.6 is 11.3 Å². The highest BCUT2D eigenvalue weighted by atomic mass is 32.1. The molecule has 0 unspecified atom stereocenters. The van der Waals surface area contributed by atoms with Gasteiger partial charge in [-0.25, -0.2) is 4.98 Å². The molecule has 1 aromatic heterocycles. The van der Waals surface area contributed by atoms with Crippen molar-refractivity contribution in [3.63, 3.8) is 0 Å². The molecule has 18 heavy (non-hydrogen) atoms. The zero-order valence-corrected chi connectivity index (χ0v) is 12.2. The first-order valence-corrected chi connectivity index (χ1v) is 7.39. The Kier molecular flexibility index (Phi) is 9.02. The summed E-state index contributed by atoms with van der Waals surface area (Å²) in [7, 11) is 1.69. The average molecular weight is 272 g/mol. The molecule has 0 saturated heterocycles. The Balaban J connectivity index is 1.89. The molecule has 0 amide bonds. The lowest BCUT2D eigenvalue weighted by molar-refractivity contribution is 0.0688. The van der Waals surface area contributed by atoms with Gasteiger partial charge in [-0.05, 0) is 25.8 Å². The number of nitrogens with zero attached hydrogens (tertiary/aromatic N) is 1. The molecule has 0 aliphatic heterocycles. The van der Waals surface area contributed by atoms with Gasteiger partial charge in [-0.15, -0.1) is 11.3 Å². The molecule has 0 fully saturated rings. The van der Waals surface area contributed by atoms with E-state index in [2.05, 4.69) is 17.2 Å². The molecule has 0 aliphatic carbocycles. The number of thiazole rings is 1. The summed E-state index contributed by atoms with van der Waals surface area (Å²) in [5.41, 5.74) is 0. The molecule has 4 nitrogen and oxygen atoms in total. The highest BCUT2D eigenvalue weighted by Gasteiger charge is 1.99. The number of aromatic nitrogens is 1. The number of hydrogen-bond acceptors (Lipinski definition) is 5. The van der Waals surface area contributed by atoms with Crippen molar-refractivity contribution >= 4 is 11.3 Å². The summed E-state index contributed by atoms with van der Waals surface area (Å²) in [6, 6.07) is 0. The van der Waals surface area contributed by atoms with Gasteiger partial charge in [0.2, 0.25) is 0 Å². The molecule has 0 saturated carbocycles. The first-order valence-electron chi connectivity index (χ1n) is 6.57. The van der Waals surface area contributed by atoms with Crippen LogP contribution in [0.3, 0.4) is 0 Å². The van der Waals surface area contributed by atoms with Gasteiger partial charge in [0.05, 0.1) is 18.2 Å². The minimum absolute atomic E-state index is 0.684. The van der Waals surface area contributed by atoms with Crippen LogP contribution in [0.5, 0.6) is 0 Å². The number of rotatable bonds is 11. The van der Waals surface area contributed by atoms with Crippen LogP contribution in [0.2, 0.25) is 0 Å². The quantitative estimate of drug-likeness (QED) is 0.627. The van der Waals surface area contributed by atoms with Crippen LogP contribution in [-0.2, 0) is 22.4 Å². The Bertz CT molecular complexity index is 305. The number of aryl methyl sites for hydroxylation is 1. The van der Waals surface area contributed by atoms with E-state index in [4.69, 9.17) is 9.47 Å². The lowest BCUT2D eigenvalue weighted by atomic mass is 10.3. The molecule has 1 aromatic rings. The third-order valence-corrected chi connectivity index (χ3v) is 3.67. The molecule has 0 aromatic carbocycles. The van der Waals surface area contributed by atoms with Crippen LogP contribution in [0, 0.1) is 0 Å². The monoisotopic (exact) mass is 272 g/mol. The number of hydrogen-bond donors (Lipinski definition) is 1. The van der Waals surface area contributed by atoms with E-state index in [9.17, 15) is 0 Å². The van der Waals surface area contributed by atoms with E-state index in [1.54, 1.807) is 18.4 Å². The summed E-state index contributed by atoms with van der Waals surface area (Å²) in [5.74, 6) is 0. The summed E-state index contributed by atoms with van der Waals surface area (Å²) in [5, 5.41) is 4.65. The van der Waals surface area contributed by atoms with Crippen LogP contribution in [0.15, 0.2) is 6.20 Å². The number of unbranched alkanes of at least 4 members (excludes halogenated alkanes) is 1. The standard InChI is InChI=1S/C13H24N2O2S/c1-3-13-15-11-12(18-13)10-14-6-4-5-7-17-9-8-16-2/h11,14H,3-10H2,1-2H3. The Morgan fingerprint density at radius 1 is 1.28 bits per heavy atom. The number of ether oxygens (including phenoxy) is 2. The third kappa shape index (κ3) is 7.06. The Hall–Kier alpha value is -0.490. The molecule has 5 heteroatoms. The fraction of sp³-hybridized carbons (Fsp3) is 0.769. The van der Waals surface area contributed by atoms with Crippen molar-refractivity contribution in [2.45, 2.75) is 32.7 Å². The fourth-order valence-electron chi connectivity index (χ4n) is 1.50. The third-order valence-electron chi connectivity index (χ3n) is 2.53. The topological polar surface area (TPSA) is 43.4 Å². The summed E-state index contributed by atoms with van der Waals surface area (Å²) < 4.78 is 10.3. The minimum Gasteiger partial charge on any atom is -0.382 e. The van der Waals surface area contributed by atoms with Gasteiger partial charge in [0, 0.05) is 31.3 Å². The molecule has 0 spiro atoms. The number of methoxy groups -OCH3 is 1. The molecule has 104 valence electrons. The molecular formula is C13H24N2O2S. The lowest BCUT2D eigenvalue weighted by Gasteiger charge is -2.04. The van der Waals surface area contributed by atoms with E-state index in [0.29, 0.717) is 13.2 Å². The van der Waals surface area contributed by atoms with Crippen molar-refractivity contribution in [3.8, 4) is 0 Å². The largest absolute Gasteiger partial charge is 0.382 e. The van der Waals surface area contributed by atoms with Crippen molar-refractivity contribution in [3.05, 3.63) is 16.1 Å². The zero-order valence-electron chi connectivity index (χ0n) is 11.4. The molecule has 1 rings (SSSR count). The van der Waals surface area contributed by atoms with Gasteiger partial charge in [-0.3, -0.25) is 0 Å². The van der Waals surface area contributed by atoms with Gasteiger partial charge in [0.1, 0.15) is 0 Å². The van der Waals surface area contributed by atoms with E-state index in [-0.39, 0.29) is 0 Å². The predicted octanol–water partition coefficient (Wildman–Crippen LogP) is 2.24. The predicted molar refractivity (Wildman–Crippen MR) is 75.1 cm³/mol. The van der Waals surface area contributed by atoms with Crippen molar-refractivity contribution in [1.29, 1.82) is 0 Å². The molecule has 0 atom stereocenters. The summed E-state index contributed by atoms with van der Waals surface area (Å²) in [4.78, 5) is 5.66. The Morgan fingerprint density at radius 2 is 2.17 bits per heavy atom. The molecule has 0 aliphatic rings. The minimum atomic E-state index is 0.684. The van der Waals surface area contributed by atoms with Gasteiger partial charge in [0.25, 0.3) is 0 Å². The molecule has 1 N–H and O–H groups in total. The van der Waals surface area contributed by atoms with Crippen molar-refractivity contribution < 1.29 is 9.47 Å². The highest BCUT2D eigenvalue weighted by molar-refractivity contribution is 7.11. The van der Waals surface area contributed by atoms with E-state index in [0.717, 1.165) is 39.0 Å². The van der Waals surface area contributed by atoms with Gasteiger partial charge < -0.3 is 14.8 Å². The highest BCUT2D eigenvalue weighted by Crippen LogP contribution is 2.12. The first-order chi connectivity index (χ1) is 8.86. The van der Waals surface area contributed by atoms with Crippen molar-refractivity contribution in [2.24, 2.45) is 0 Å². The second-order valence-electron chi connectivity index (χ2n) is 4.06. The second kappa shape index (κ2) is 10.4. The van der Waals surface area contributed by atoms with Crippen LogP contribution in [0.4, 0.5) is 0 Å². The molecule has 0 radical (unpaired) electrons. The summed E-state index contributed by atoms with van der Waals surface area (Å²) >= 11 is 1.80. The van der Waals surface area contributed by atoms with Crippen LogP contribution in [-0.4, -0.2) is 38.5 Å². The normalized spacial score (nSPS) is 11.0. The zero-order chi connectivity index (χ0) is 13.1. The molecule has 1 heterocycles. The maximum atomic E-state index is 5.40. The van der Waals surface area contributed by atoms with Crippen molar-refractivity contribution in [1.82, 2.24) is 10.3 Å². The van der Waals surface area contributed by atoms with Crippen LogP contribution < -0.4 is 5.32 Å². The Labute approximate surface area is 114 Å². The van der Waals surface area contributed by atoms with Gasteiger partial charge in [-0.1, -0.05) is 6.92 Å². The number of nitrogens with one attached hydrogen (secondary N) is 1. The molecular weight excluding hydrogens is 248 g/mol. The average Bonchev–Trinajstić information content (AvgIpc) is 2.85. The van der Waals surface area contributed by atoms with Gasteiger partial charge in [-0.2, -0.15) is 0 Å². The van der Waals surface area contributed by atoms with E-state index < -0.39 is 0 Å².